The summed E-state index contributed by atoms with van der Waals surface area (Å²) in [7, 11) is 5.96. The number of rotatable bonds is 64. The first-order valence-electron chi connectivity index (χ1n) is 35.6. The number of carbonyl (C=O) groups is 3. The zero-order chi connectivity index (χ0) is 64.7. The molecule has 0 spiro atoms. The number of unbranched alkanes of at least 4 members (excludes halogenated alkanes) is 23. The third-order valence-electron chi connectivity index (χ3n) is 14.8. The van der Waals surface area contributed by atoms with Crippen LogP contribution in [-0.2, 0) is 33.3 Å². The van der Waals surface area contributed by atoms with E-state index in [1.165, 1.54) is 116 Å². The lowest BCUT2D eigenvalue weighted by molar-refractivity contribution is -0.870. The molecular formula is C80H132NO8+. The van der Waals surface area contributed by atoms with Gasteiger partial charge in [0.15, 0.2) is 6.10 Å². The van der Waals surface area contributed by atoms with Crippen molar-refractivity contribution < 1.29 is 42.9 Å². The lowest BCUT2D eigenvalue weighted by Gasteiger charge is -2.25. The Labute approximate surface area is 546 Å². The highest BCUT2D eigenvalue weighted by molar-refractivity contribution is 5.71. The van der Waals surface area contributed by atoms with Gasteiger partial charge in [-0.25, -0.2) is 4.79 Å². The van der Waals surface area contributed by atoms with Gasteiger partial charge in [-0.2, -0.15) is 0 Å². The molecule has 0 rings (SSSR count). The van der Waals surface area contributed by atoms with Crippen LogP contribution in [0.3, 0.4) is 0 Å². The maximum Gasteiger partial charge on any atom is 0.361 e. The molecule has 0 saturated carbocycles. The third kappa shape index (κ3) is 70.2. The Hall–Kier alpha value is -5.09. The number of carboxylic acid groups (broad SMARTS) is 1. The van der Waals surface area contributed by atoms with Crippen molar-refractivity contribution in [2.45, 2.75) is 283 Å². The van der Waals surface area contributed by atoms with Crippen LogP contribution < -0.4 is 0 Å². The first-order chi connectivity index (χ1) is 43.6. The van der Waals surface area contributed by atoms with Crippen LogP contribution in [0, 0.1) is 0 Å². The van der Waals surface area contributed by atoms with Gasteiger partial charge in [0.1, 0.15) is 13.2 Å². The first kappa shape index (κ1) is 83.9. The molecule has 2 unspecified atom stereocenters. The zero-order valence-corrected chi connectivity index (χ0v) is 57.5. The Bertz CT molecular complexity index is 2020. The number of hydrogen-bond acceptors (Lipinski definition) is 7. The first-order valence-corrected chi connectivity index (χ1v) is 35.6. The van der Waals surface area contributed by atoms with E-state index in [4.69, 9.17) is 18.9 Å². The van der Waals surface area contributed by atoms with Crippen LogP contribution in [-0.4, -0.2) is 87.4 Å². The van der Waals surface area contributed by atoms with Crippen molar-refractivity contribution in [3.05, 3.63) is 158 Å². The summed E-state index contributed by atoms with van der Waals surface area (Å²) in [6, 6.07) is 0. The number of ether oxygens (including phenoxy) is 4. The number of carboxylic acids is 1. The second-order valence-corrected chi connectivity index (χ2v) is 24.5. The van der Waals surface area contributed by atoms with Crippen molar-refractivity contribution in [1.82, 2.24) is 0 Å². The SMILES string of the molecule is CC/C=C\C/C=C\C/C=C\C/C=C\C/C=C\C/C=C\C/C=C\C/C=C\C/C=C\C/C=C\CCCCCCC(=O)OC(COC(=O)CCCCCCCCCCCCCCCC/C=C\C/C=C\C/C=C\CCCCCCC)COC(OCC[N+](C)(C)C)C(=O)O. The lowest BCUT2D eigenvalue weighted by atomic mass is 10.0. The van der Waals surface area contributed by atoms with Crippen LogP contribution in [0.4, 0.5) is 0 Å². The summed E-state index contributed by atoms with van der Waals surface area (Å²) in [6.45, 7) is 4.72. The van der Waals surface area contributed by atoms with E-state index in [0.29, 0.717) is 17.4 Å². The number of allylic oxidation sites excluding steroid dienone is 26. The fourth-order valence-corrected chi connectivity index (χ4v) is 9.34. The smallest absolute Gasteiger partial charge is 0.361 e. The highest BCUT2D eigenvalue weighted by atomic mass is 16.7. The highest BCUT2D eigenvalue weighted by Crippen LogP contribution is 2.16. The van der Waals surface area contributed by atoms with E-state index in [0.717, 1.165) is 122 Å². The standard InChI is InChI=1S/C80H131NO8/c1-6-8-10-12-14-16-18-20-22-24-26-28-30-32-34-36-37-38-39-40-41-43-45-47-49-51-53-55-57-59-61-63-65-67-69-71-78(83)89-76(75-88-80(79(84)85)86-73-72-81(3,4)5)74-87-77(82)70-68-66-64-62-60-58-56-54-52-50-48-46-44-42-35-33-31-29-27-25-23-21-19-17-15-13-11-9-7-2/h8,10,14,16,19-22,25-28,31-34,37-38,40-41,45,47,51,53,57,59,76,80H,6-7,9,11-13,15,17-18,23-24,29-30,35-36,39,42-44,46,48-50,52,54-56,58,60-75H2,1-5H3/p+1/b10-8-,16-14-,21-19-,22-20-,27-25-,28-26-,33-31-,34-32-,38-37-,41-40-,47-45-,53-51-,59-57-. The largest absolute Gasteiger partial charge is 0.477 e. The van der Waals surface area contributed by atoms with Crippen LogP contribution in [0.15, 0.2) is 158 Å². The molecule has 0 aromatic carbocycles. The normalized spacial score (nSPS) is 13.7. The minimum absolute atomic E-state index is 0.174. The number of nitrogens with zero attached hydrogens (tertiary/aromatic N) is 1. The predicted molar refractivity (Wildman–Crippen MR) is 382 cm³/mol. The molecule has 0 fully saturated rings. The van der Waals surface area contributed by atoms with Crippen molar-refractivity contribution in [3.8, 4) is 0 Å². The van der Waals surface area contributed by atoms with Crippen LogP contribution in [0.2, 0.25) is 0 Å². The molecule has 0 aliphatic carbocycles. The molecule has 0 aliphatic heterocycles. The number of aliphatic carboxylic acids is 1. The fraction of sp³-hybridized carbons (Fsp3) is 0.637. The summed E-state index contributed by atoms with van der Waals surface area (Å²) in [4.78, 5) is 37.6. The van der Waals surface area contributed by atoms with E-state index in [2.05, 4.69) is 172 Å². The Morgan fingerprint density at radius 2 is 0.640 bits per heavy atom. The summed E-state index contributed by atoms with van der Waals surface area (Å²) in [6.07, 6.45) is 99.2. The van der Waals surface area contributed by atoms with Crippen molar-refractivity contribution in [2.75, 3.05) is 47.5 Å². The lowest BCUT2D eigenvalue weighted by Crippen LogP contribution is -2.40. The minimum Gasteiger partial charge on any atom is -0.477 e. The summed E-state index contributed by atoms with van der Waals surface area (Å²) in [5.41, 5.74) is 0. The quantitative estimate of drug-likeness (QED) is 0.0211. The second-order valence-electron chi connectivity index (χ2n) is 24.5. The van der Waals surface area contributed by atoms with E-state index in [-0.39, 0.29) is 38.6 Å². The Balaban J connectivity index is 4.24. The molecule has 9 nitrogen and oxygen atoms in total. The molecule has 0 radical (unpaired) electrons. The van der Waals surface area contributed by atoms with E-state index >= 15 is 0 Å². The van der Waals surface area contributed by atoms with E-state index in [1.54, 1.807) is 0 Å². The van der Waals surface area contributed by atoms with Gasteiger partial charge in [0.25, 0.3) is 6.29 Å². The molecule has 504 valence electrons. The van der Waals surface area contributed by atoms with Crippen LogP contribution >= 0.6 is 0 Å². The molecule has 0 saturated heterocycles. The van der Waals surface area contributed by atoms with Crippen LogP contribution in [0.1, 0.15) is 271 Å². The van der Waals surface area contributed by atoms with Gasteiger partial charge >= 0.3 is 17.9 Å². The predicted octanol–water partition coefficient (Wildman–Crippen LogP) is 22.5. The van der Waals surface area contributed by atoms with Gasteiger partial charge in [-0.3, -0.25) is 9.59 Å². The summed E-state index contributed by atoms with van der Waals surface area (Å²) < 4.78 is 22.9. The van der Waals surface area contributed by atoms with Crippen molar-refractivity contribution in [2.24, 2.45) is 0 Å². The molecule has 0 bridgehead atoms. The Kier molecular flexibility index (Phi) is 64.9. The molecule has 89 heavy (non-hydrogen) atoms. The second kappa shape index (κ2) is 68.8. The average molecular weight is 1240 g/mol. The van der Waals surface area contributed by atoms with Crippen molar-refractivity contribution >= 4 is 17.9 Å². The van der Waals surface area contributed by atoms with Crippen molar-refractivity contribution in [1.29, 1.82) is 0 Å². The van der Waals surface area contributed by atoms with Gasteiger partial charge in [0.2, 0.25) is 0 Å². The molecule has 1 N–H and O–H groups in total. The topological polar surface area (TPSA) is 108 Å². The highest BCUT2D eigenvalue weighted by Gasteiger charge is 2.25. The molecular weight excluding hydrogens is 1100 g/mol. The third-order valence-corrected chi connectivity index (χ3v) is 14.8. The van der Waals surface area contributed by atoms with Crippen LogP contribution in [0.25, 0.3) is 0 Å². The van der Waals surface area contributed by atoms with Gasteiger partial charge < -0.3 is 28.5 Å². The summed E-state index contributed by atoms with van der Waals surface area (Å²) in [5.74, 6) is -2.05. The van der Waals surface area contributed by atoms with Crippen LogP contribution in [0.5, 0.6) is 0 Å². The number of quaternary nitrogens is 1. The van der Waals surface area contributed by atoms with Gasteiger partial charge in [-0.1, -0.05) is 287 Å². The minimum atomic E-state index is -1.53. The Morgan fingerprint density at radius 1 is 0.348 bits per heavy atom. The molecule has 0 aromatic heterocycles. The molecule has 2 atom stereocenters. The number of carbonyl (C=O) groups excluding carboxylic acids is 2. The molecule has 0 amide bonds. The number of hydrogen-bond donors (Lipinski definition) is 1. The molecule has 0 heterocycles. The van der Waals surface area contributed by atoms with Gasteiger partial charge in [0.05, 0.1) is 34.4 Å². The average Bonchev–Trinajstić information content (AvgIpc) is 3.64. The molecule has 9 heteroatoms. The number of likely N-dealkylation sites (N-methyl/N-ethyl adjacent to an activating group) is 1. The van der Waals surface area contributed by atoms with E-state index in [1.807, 2.05) is 21.1 Å². The van der Waals surface area contributed by atoms with Gasteiger partial charge in [-0.05, 0) is 128 Å². The van der Waals surface area contributed by atoms with E-state index < -0.39 is 24.3 Å². The number of esters is 2. The fourth-order valence-electron chi connectivity index (χ4n) is 9.34. The summed E-state index contributed by atoms with van der Waals surface area (Å²) >= 11 is 0. The van der Waals surface area contributed by atoms with Gasteiger partial charge in [0, 0.05) is 12.8 Å². The monoisotopic (exact) mass is 1230 g/mol. The maximum absolute atomic E-state index is 12.9. The molecule has 0 aliphatic rings. The van der Waals surface area contributed by atoms with E-state index in [9.17, 15) is 19.5 Å². The maximum atomic E-state index is 12.9. The summed E-state index contributed by atoms with van der Waals surface area (Å²) in [5, 5.41) is 9.75. The van der Waals surface area contributed by atoms with Crippen molar-refractivity contribution in [3.63, 3.8) is 0 Å². The molecule has 0 aromatic rings. The zero-order valence-electron chi connectivity index (χ0n) is 57.5. The Morgan fingerprint density at radius 3 is 0.955 bits per heavy atom. The van der Waals surface area contributed by atoms with Gasteiger partial charge in [-0.15, -0.1) is 0 Å².